The van der Waals surface area contributed by atoms with E-state index in [4.69, 9.17) is 5.73 Å². The summed E-state index contributed by atoms with van der Waals surface area (Å²) in [7, 11) is 0. The van der Waals surface area contributed by atoms with E-state index < -0.39 is 0 Å². The number of aryl methyl sites for hydroxylation is 1. The summed E-state index contributed by atoms with van der Waals surface area (Å²) in [5.74, 6) is 0.634. The third-order valence-electron chi connectivity index (χ3n) is 3.72. The second-order valence-electron chi connectivity index (χ2n) is 5.08. The number of benzene rings is 2. The number of aliphatic imine (C=N–C) groups is 1. The van der Waals surface area contributed by atoms with Crippen molar-refractivity contribution >= 4 is 11.6 Å². The molecule has 0 aliphatic carbocycles. The van der Waals surface area contributed by atoms with Crippen LogP contribution in [-0.2, 0) is 6.42 Å². The zero-order valence-corrected chi connectivity index (χ0v) is 11.4. The van der Waals surface area contributed by atoms with Crippen molar-refractivity contribution < 1.29 is 0 Å². The predicted octanol–water partition coefficient (Wildman–Crippen LogP) is 2.82. The molecular weight excluding hydrogens is 246 g/mol. The number of hydrogen-bond donors (Lipinski definition) is 1. The molecule has 3 nitrogen and oxygen atoms in total. The van der Waals surface area contributed by atoms with Crippen LogP contribution in [0.3, 0.4) is 0 Å². The van der Waals surface area contributed by atoms with Gasteiger partial charge in [0.2, 0.25) is 0 Å². The van der Waals surface area contributed by atoms with Crippen LogP contribution in [-0.4, -0.2) is 18.5 Å². The molecule has 3 rings (SSSR count). The highest BCUT2D eigenvalue weighted by molar-refractivity contribution is 5.97. The molecule has 102 valence electrons. The van der Waals surface area contributed by atoms with Gasteiger partial charge in [-0.05, 0) is 30.5 Å². The maximum Gasteiger partial charge on any atom is 0.196 e. The topological polar surface area (TPSA) is 41.6 Å². The lowest BCUT2D eigenvalue weighted by Crippen LogP contribution is -2.41. The summed E-state index contributed by atoms with van der Waals surface area (Å²) < 4.78 is 0. The van der Waals surface area contributed by atoms with E-state index in [1.807, 2.05) is 18.2 Å². The molecule has 20 heavy (non-hydrogen) atoms. The van der Waals surface area contributed by atoms with Crippen LogP contribution in [0.5, 0.6) is 0 Å². The molecule has 1 heterocycles. The summed E-state index contributed by atoms with van der Waals surface area (Å²) in [6.45, 7) is 0.785. The highest BCUT2D eigenvalue weighted by atomic mass is 15.3. The van der Waals surface area contributed by atoms with Gasteiger partial charge in [-0.2, -0.15) is 0 Å². The Bertz CT molecular complexity index is 578. The molecule has 0 radical (unpaired) electrons. The average molecular weight is 265 g/mol. The van der Waals surface area contributed by atoms with Gasteiger partial charge in [0.15, 0.2) is 5.96 Å². The first-order valence-electron chi connectivity index (χ1n) is 7.03. The quantitative estimate of drug-likeness (QED) is 0.923. The number of guanidine groups is 1. The molecule has 2 N–H and O–H groups in total. The maximum absolute atomic E-state index is 6.05. The van der Waals surface area contributed by atoms with Gasteiger partial charge >= 0.3 is 0 Å². The van der Waals surface area contributed by atoms with Crippen molar-refractivity contribution in [3.63, 3.8) is 0 Å². The zero-order valence-electron chi connectivity index (χ0n) is 11.4. The van der Waals surface area contributed by atoms with E-state index in [2.05, 4.69) is 52.4 Å². The summed E-state index contributed by atoms with van der Waals surface area (Å²) in [4.78, 5) is 6.56. The van der Waals surface area contributed by atoms with Crippen molar-refractivity contribution in [1.29, 1.82) is 0 Å². The van der Waals surface area contributed by atoms with E-state index in [-0.39, 0.29) is 0 Å². The highest BCUT2D eigenvalue weighted by Gasteiger charge is 2.26. The van der Waals surface area contributed by atoms with Crippen molar-refractivity contribution in [1.82, 2.24) is 0 Å². The summed E-state index contributed by atoms with van der Waals surface area (Å²) in [6.07, 6.45) is 2.11. The van der Waals surface area contributed by atoms with Gasteiger partial charge in [0.1, 0.15) is 0 Å². The van der Waals surface area contributed by atoms with Crippen molar-refractivity contribution in [2.45, 2.75) is 18.9 Å². The number of anilines is 1. The molecular formula is C17H19N3. The fourth-order valence-corrected chi connectivity index (χ4v) is 2.67. The third-order valence-corrected chi connectivity index (χ3v) is 3.72. The monoisotopic (exact) mass is 265 g/mol. The Kier molecular flexibility index (Phi) is 3.68. The molecule has 0 saturated carbocycles. The largest absolute Gasteiger partial charge is 0.370 e. The Morgan fingerprint density at radius 3 is 2.35 bits per heavy atom. The van der Waals surface area contributed by atoms with Crippen molar-refractivity contribution in [3.05, 3.63) is 66.2 Å². The predicted molar refractivity (Wildman–Crippen MR) is 84.0 cm³/mol. The Labute approximate surface area is 119 Å². The van der Waals surface area contributed by atoms with Crippen LogP contribution in [0.1, 0.15) is 12.0 Å². The van der Waals surface area contributed by atoms with Crippen LogP contribution in [0.15, 0.2) is 65.7 Å². The third kappa shape index (κ3) is 2.67. The summed E-state index contributed by atoms with van der Waals surface area (Å²) in [6, 6.07) is 21.2. The molecule has 0 fully saturated rings. The summed E-state index contributed by atoms with van der Waals surface area (Å²) in [5.41, 5.74) is 8.54. The molecule has 0 amide bonds. The minimum absolute atomic E-state index is 0.359. The maximum atomic E-state index is 6.05. The smallest absolute Gasteiger partial charge is 0.196 e. The average Bonchev–Trinajstić information content (AvgIpc) is 2.88. The van der Waals surface area contributed by atoms with Gasteiger partial charge in [0, 0.05) is 5.69 Å². The number of para-hydroxylation sites is 1. The van der Waals surface area contributed by atoms with Gasteiger partial charge in [0.25, 0.3) is 0 Å². The standard InChI is InChI=1S/C17H19N3/c18-17-19-13-16(12-11-14-7-3-1-4-8-14)20(17)15-9-5-2-6-10-15/h1-10,16H,11-13H2,(H2,18,19). The zero-order chi connectivity index (χ0) is 13.8. The molecule has 1 unspecified atom stereocenters. The number of rotatable bonds is 4. The Morgan fingerprint density at radius 2 is 1.65 bits per heavy atom. The van der Waals surface area contributed by atoms with E-state index in [1.54, 1.807) is 0 Å². The minimum atomic E-state index is 0.359. The van der Waals surface area contributed by atoms with Crippen LogP contribution in [0.2, 0.25) is 0 Å². The van der Waals surface area contributed by atoms with Gasteiger partial charge in [-0.25, -0.2) is 0 Å². The minimum Gasteiger partial charge on any atom is -0.370 e. The van der Waals surface area contributed by atoms with Gasteiger partial charge in [-0.1, -0.05) is 48.5 Å². The van der Waals surface area contributed by atoms with E-state index in [9.17, 15) is 0 Å². The Hall–Kier alpha value is -2.29. The molecule has 1 atom stereocenters. The highest BCUT2D eigenvalue weighted by Crippen LogP contribution is 2.23. The van der Waals surface area contributed by atoms with Crippen LogP contribution in [0.4, 0.5) is 5.69 Å². The lowest BCUT2D eigenvalue weighted by molar-refractivity contribution is 0.643. The van der Waals surface area contributed by atoms with Crippen LogP contribution < -0.4 is 10.6 Å². The number of hydrogen-bond acceptors (Lipinski definition) is 3. The Morgan fingerprint density at radius 1 is 1.00 bits per heavy atom. The van der Waals surface area contributed by atoms with E-state index in [1.165, 1.54) is 5.56 Å². The van der Waals surface area contributed by atoms with Crippen LogP contribution in [0, 0.1) is 0 Å². The number of nitrogens with zero attached hydrogens (tertiary/aromatic N) is 2. The van der Waals surface area contributed by atoms with Crippen molar-refractivity contribution in [2.75, 3.05) is 11.4 Å². The molecule has 1 aliphatic rings. The van der Waals surface area contributed by atoms with Crippen molar-refractivity contribution in [3.8, 4) is 0 Å². The van der Waals surface area contributed by atoms with E-state index >= 15 is 0 Å². The van der Waals surface area contributed by atoms with Crippen LogP contribution in [0.25, 0.3) is 0 Å². The molecule has 2 aromatic rings. The fourth-order valence-electron chi connectivity index (χ4n) is 2.67. The molecule has 0 bridgehead atoms. The molecule has 3 heteroatoms. The van der Waals surface area contributed by atoms with Crippen molar-refractivity contribution in [2.24, 2.45) is 10.7 Å². The van der Waals surface area contributed by atoms with E-state index in [0.29, 0.717) is 12.0 Å². The normalized spacial score (nSPS) is 18.1. The van der Waals surface area contributed by atoms with Gasteiger partial charge < -0.3 is 10.6 Å². The lowest BCUT2D eigenvalue weighted by Gasteiger charge is -2.26. The number of nitrogens with two attached hydrogens (primary N) is 1. The first kappa shape index (κ1) is 12.7. The van der Waals surface area contributed by atoms with Crippen LogP contribution >= 0.6 is 0 Å². The second kappa shape index (κ2) is 5.78. The van der Waals surface area contributed by atoms with Gasteiger partial charge in [0.05, 0.1) is 12.6 Å². The summed E-state index contributed by atoms with van der Waals surface area (Å²) >= 11 is 0. The molecule has 0 saturated heterocycles. The first-order valence-corrected chi connectivity index (χ1v) is 7.03. The second-order valence-corrected chi connectivity index (χ2v) is 5.08. The lowest BCUT2D eigenvalue weighted by atomic mass is 10.0. The summed E-state index contributed by atoms with van der Waals surface area (Å²) in [5, 5.41) is 0. The Balaban J connectivity index is 1.70. The fraction of sp³-hybridized carbons (Fsp3) is 0.235. The van der Waals surface area contributed by atoms with Gasteiger partial charge in [-0.15, -0.1) is 0 Å². The van der Waals surface area contributed by atoms with E-state index in [0.717, 1.165) is 25.1 Å². The SMILES string of the molecule is NC1=NCC(CCc2ccccc2)N1c1ccccc1. The molecule has 1 aliphatic heterocycles. The molecule has 0 spiro atoms. The molecule has 2 aromatic carbocycles. The first-order chi connectivity index (χ1) is 9.84. The van der Waals surface area contributed by atoms with Gasteiger partial charge in [-0.3, -0.25) is 4.99 Å². The molecule has 0 aromatic heterocycles.